The minimum atomic E-state index is -3.90. The van der Waals surface area contributed by atoms with Crippen LogP contribution < -0.4 is 5.32 Å². The number of nitro groups is 1. The SMILES string of the molecule is CN(C1CNC1)S(=O)(=O)c1ccc(Cl)cc1[N+](=O)[O-]. The van der Waals surface area contributed by atoms with E-state index in [0.29, 0.717) is 13.1 Å². The second-order valence-electron chi connectivity index (χ2n) is 4.20. The van der Waals surface area contributed by atoms with Gasteiger partial charge in [0.2, 0.25) is 10.0 Å². The van der Waals surface area contributed by atoms with Gasteiger partial charge in [-0.1, -0.05) is 11.6 Å². The molecule has 1 heterocycles. The lowest BCUT2D eigenvalue weighted by Gasteiger charge is -2.34. The zero-order valence-corrected chi connectivity index (χ0v) is 11.6. The van der Waals surface area contributed by atoms with Crippen molar-refractivity contribution in [3.8, 4) is 0 Å². The van der Waals surface area contributed by atoms with Crippen molar-refractivity contribution in [2.24, 2.45) is 0 Å². The van der Waals surface area contributed by atoms with Gasteiger partial charge in [-0.25, -0.2) is 8.42 Å². The van der Waals surface area contributed by atoms with Crippen LogP contribution in [0, 0.1) is 10.1 Å². The molecule has 0 spiro atoms. The van der Waals surface area contributed by atoms with Gasteiger partial charge in [0.25, 0.3) is 5.69 Å². The molecule has 1 aromatic rings. The van der Waals surface area contributed by atoms with Gasteiger partial charge in [0, 0.05) is 37.3 Å². The van der Waals surface area contributed by atoms with Gasteiger partial charge in [-0.3, -0.25) is 10.1 Å². The third-order valence-electron chi connectivity index (χ3n) is 3.05. The van der Waals surface area contributed by atoms with Crippen molar-refractivity contribution >= 4 is 27.3 Å². The highest BCUT2D eigenvalue weighted by Crippen LogP contribution is 2.30. The number of likely N-dealkylation sites (N-methyl/N-ethyl adjacent to an activating group) is 1. The van der Waals surface area contributed by atoms with Gasteiger partial charge in [0.15, 0.2) is 4.90 Å². The lowest BCUT2D eigenvalue weighted by Crippen LogP contribution is -2.57. The topological polar surface area (TPSA) is 92.6 Å². The van der Waals surface area contributed by atoms with Crippen LogP contribution in [0.5, 0.6) is 0 Å². The van der Waals surface area contributed by atoms with Crippen molar-refractivity contribution in [1.29, 1.82) is 0 Å². The maximum Gasteiger partial charge on any atom is 0.290 e. The molecule has 7 nitrogen and oxygen atoms in total. The van der Waals surface area contributed by atoms with Gasteiger partial charge in [0.1, 0.15) is 0 Å². The van der Waals surface area contributed by atoms with E-state index in [0.717, 1.165) is 10.4 Å². The zero-order valence-electron chi connectivity index (χ0n) is 10.0. The first-order valence-electron chi connectivity index (χ1n) is 5.46. The van der Waals surface area contributed by atoms with E-state index in [2.05, 4.69) is 5.32 Å². The highest BCUT2D eigenvalue weighted by molar-refractivity contribution is 7.89. The molecule has 19 heavy (non-hydrogen) atoms. The van der Waals surface area contributed by atoms with Crippen LogP contribution in [-0.2, 0) is 10.0 Å². The zero-order chi connectivity index (χ0) is 14.2. The van der Waals surface area contributed by atoms with Gasteiger partial charge in [0.05, 0.1) is 4.92 Å². The van der Waals surface area contributed by atoms with Crippen molar-refractivity contribution in [1.82, 2.24) is 9.62 Å². The fourth-order valence-corrected chi connectivity index (χ4v) is 3.39. The smallest absolute Gasteiger partial charge is 0.290 e. The molecule has 0 amide bonds. The van der Waals surface area contributed by atoms with Crippen LogP contribution in [0.4, 0.5) is 5.69 Å². The monoisotopic (exact) mass is 305 g/mol. The van der Waals surface area contributed by atoms with Gasteiger partial charge in [-0.2, -0.15) is 4.31 Å². The fourth-order valence-electron chi connectivity index (χ4n) is 1.73. The number of nitro benzene ring substituents is 1. The Labute approximate surface area is 115 Å². The molecule has 1 aromatic carbocycles. The summed E-state index contributed by atoms with van der Waals surface area (Å²) in [5.74, 6) is 0. The van der Waals surface area contributed by atoms with Crippen LogP contribution in [0.2, 0.25) is 5.02 Å². The summed E-state index contributed by atoms with van der Waals surface area (Å²) in [7, 11) is -2.48. The van der Waals surface area contributed by atoms with E-state index in [1.807, 2.05) is 0 Å². The van der Waals surface area contributed by atoms with Crippen molar-refractivity contribution < 1.29 is 13.3 Å². The molecule has 1 N–H and O–H groups in total. The molecule has 0 bridgehead atoms. The molecular weight excluding hydrogens is 294 g/mol. The molecule has 1 fully saturated rings. The average molecular weight is 306 g/mol. The summed E-state index contributed by atoms with van der Waals surface area (Å²) < 4.78 is 25.9. The van der Waals surface area contributed by atoms with E-state index >= 15 is 0 Å². The molecule has 0 saturated carbocycles. The molecule has 0 atom stereocenters. The quantitative estimate of drug-likeness (QED) is 0.657. The van der Waals surface area contributed by atoms with Crippen molar-refractivity contribution in [2.45, 2.75) is 10.9 Å². The molecule has 1 saturated heterocycles. The Morgan fingerprint density at radius 2 is 2.11 bits per heavy atom. The largest absolute Gasteiger partial charge is 0.313 e. The Hall–Kier alpha value is -1.22. The van der Waals surface area contributed by atoms with Crippen LogP contribution in [0.3, 0.4) is 0 Å². The second-order valence-corrected chi connectivity index (χ2v) is 6.60. The van der Waals surface area contributed by atoms with E-state index in [1.165, 1.54) is 19.2 Å². The van der Waals surface area contributed by atoms with E-state index in [-0.39, 0.29) is 16.0 Å². The maximum absolute atomic E-state index is 12.4. The Kier molecular flexibility index (Phi) is 3.77. The molecule has 0 aromatic heterocycles. The molecule has 9 heteroatoms. The number of hydrogen-bond acceptors (Lipinski definition) is 5. The van der Waals surface area contributed by atoms with Crippen LogP contribution in [0.25, 0.3) is 0 Å². The Morgan fingerprint density at radius 1 is 1.47 bits per heavy atom. The highest BCUT2D eigenvalue weighted by Gasteiger charge is 2.35. The number of nitrogens with one attached hydrogen (secondary N) is 1. The summed E-state index contributed by atoms with van der Waals surface area (Å²) in [5, 5.41) is 14.0. The van der Waals surface area contributed by atoms with Gasteiger partial charge >= 0.3 is 0 Å². The van der Waals surface area contributed by atoms with Gasteiger partial charge in [-0.05, 0) is 12.1 Å². The Bertz CT molecular complexity index is 615. The first kappa shape index (κ1) is 14.2. The first-order valence-corrected chi connectivity index (χ1v) is 7.28. The molecule has 2 rings (SSSR count). The van der Waals surface area contributed by atoms with Crippen molar-refractivity contribution in [2.75, 3.05) is 20.1 Å². The molecule has 1 aliphatic rings. The number of nitrogens with zero attached hydrogens (tertiary/aromatic N) is 2. The summed E-state index contributed by atoms with van der Waals surface area (Å²) in [4.78, 5) is 9.87. The van der Waals surface area contributed by atoms with E-state index < -0.39 is 20.6 Å². The number of hydrogen-bond donors (Lipinski definition) is 1. The minimum absolute atomic E-state index is 0.124. The molecule has 0 aliphatic carbocycles. The van der Waals surface area contributed by atoms with Crippen LogP contribution in [0.1, 0.15) is 0 Å². The predicted octanol–water partition coefficient (Wildman–Crippen LogP) is 0.841. The first-order chi connectivity index (χ1) is 8.84. The molecule has 1 aliphatic heterocycles. The third kappa shape index (κ3) is 2.57. The second kappa shape index (κ2) is 5.04. The number of benzene rings is 1. The Morgan fingerprint density at radius 3 is 2.58 bits per heavy atom. The van der Waals surface area contributed by atoms with Crippen molar-refractivity contribution in [3.63, 3.8) is 0 Å². The van der Waals surface area contributed by atoms with E-state index in [1.54, 1.807) is 0 Å². The lowest BCUT2D eigenvalue weighted by atomic mass is 10.2. The van der Waals surface area contributed by atoms with Crippen LogP contribution in [-0.4, -0.2) is 43.8 Å². The van der Waals surface area contributed by atoms with Crippen molar-refractivity contribution in [3.05, 3.63) is 33.3 Å². The van der Waals surface area contributed by atoms with E-state index in [9.17, 15) is 18.5 Å². The Balaban J connectivity index is 2.48. The standard InChI is InChI=1S/C10H12ClN3O4S/c1-13(8-5-12-6-8)19(17,18)10-3-2-7(11)4-9(10)14(15)16/h2-4,8,12H,5-6H2,1H3. The summed E-state index contributed by atoms with van der Waals surface area (Å²) in [5.41, 5.74) is -0.508. The number of halogens is 1. The maximum atomic E-state index is 12.4. The average Bonchev–Trinajstić information content (AvgIpc) is 2.25. The molecule has 0 radical (unpaired) electrons. The van der Waals surface area contributed by atoms with Crippen LogP contribution >= 0.6 is 11.6 Å². The summed E-state index contributed by atoms with van der Waals surface area (Å²) >= 11 is 5.67. The number of rotatable bonds is 4. The van der Waals surface area contributed by atoms with Gasteiger partial charge < -0.3 is 5.32 Å². The number of sulfonamides is 1. The highest BCUT2D eigenvalue weighted by atomic mass is 35.5. The molecule has 0 unspecified atom stereocenters. The minimum Gasteiger partial charge on any atom is -0.313 e. The fraction of sp³-hybridized carbons (Fsp3) is 0.400. The van der Waals surface area contributed by atoms with Gasteiger partial charge in [-0.15, -0.1) is 0 Å². The normalized spacial score (nSPS) is 16.4. The molecule has 104 valence electrons. The predicted molar refractivity (Wildman–Crippen MR) is 69.7 cm³/mol. The van der Waals surface area contributed by atoms with E-state index in [4.69, 9.17) is 11.6 Å². The third-order valence-corrected chi connectivity index (χ3v) is 5.24. The summed E-state index contributed by atoms with van der Waals surface area (Å²) in [6.07, 6.45) is 0. The summed E-state index contributed by atoms with van der Waals surface area (Å²) in [6.45, 7) is 1.08. The molecular formula is C10H12ClN3O4S. The summed E-state index contributed by atoms with van der Waals surface area (Å²) in [6, 6.07) is 3.36. The lowest BCUT2D eigenvalue weighted by molar-refractivity contribution is -0.387. The van der Waals surface area contributed by atoms with Crippen LogP contribution in [0.15, 0.2) is 23.1 Å².